The van der Waals surface area contributed by atoms with E-state index in [0.29, 0.717) is 0 Å². The fraction of sp³-hybridized carbons (Fsp3) is 0.520. The first kappa shape index (κ1) is 20.4. The second-order valence-corrected chi connectivity index (χ2v) is 8.20. The molecule has 4 nitrogen and oxygen atoms in total. The third kappa shape index (κ3) is 6.05. The lowest BCUT2D eigenvalue weighted by atomic mass is 10.0. The van der Waals surface area contributed by atoms with Crippen LogP contribution in [0.1, 0.15) is 36.0 Å². The van der Waals surface area contributed by atoms with Gasteiger partial charge in [-0.05, 0) is 56.0 Å². The summed E-state index contributed by atoms with van der Waals surface area (Å²) in [6, 6.07) is 17.5. The summed E-state index contributed by atoms with van der Waals surface area (Å²) < 4.78 is 11.6. The Balaban J connectivity index is 1.27. The molecule has 0 spiro atoms. The second-order valence-electron chi connectivity index (χ2n) is 8.20. The van der Waals surface area contributed by atoms with E-state index in [4.69, 9.17) is 9.47 Å². The van der Waals surface area contributed by atoms with Crippen molar-refractivity contribution >= 4 is 0 Å². The topological polar surface area (TPSA) is 24.9 Å². The highest BCUT2D eigenvalue weighted by Gasteiger charge is 2.16. The molecule has 0 bridgehead atoms. The molecule has 0 aliphatic carbocycles. The Morgan fingerprint density at radius 2 is 1.62 bits per heavy atom. The largest absolute Gasteiger partial charge is 0.493 e. The number of aryl methyl sites for hydroxylation is 1. The van der Waals surface area contributed by atoms with Gasteiger partial charge in [0, 0.05) is 31.7 Å². The number of nitrogens with zero attached hydrogens (tertiary/aromatic N) is 2. The minimum Gasteiger partial charge on any atom is -0.493 e. The van der Waals surface area contributed by atoms with E-state index in [1.54, 1.807) is 0 Å². The smallest absolute Gasteiger partial charge is 0.123 e. The van der Waals surface area contributed by atoms with Crippen molar-refractivity contribution in [2.75, 3.05) is 46.0 Å². The van der Waals surface area contributed by atoms with Crippen LogP contribution >= 0.6 is 0 Å². The molecule has 156 valence electrons. The molecule has 0 saturated carbocycles. The van der Waals surface area contributed by atoms with Crippen LogP contribution in [-0.4, -0.2) is 55.8 Å². The van der Waals surface area contributed by atoms with Crippen molar-refractivity contribution in [3.05, 3.63) is 65.2 Å². The van der Waals surface area contributed by atoms with E-state index < -0.39 is 0 Å². The molecule has 0 radical (unpaired) electrons. The Morgan fingerprint density at radius 3 is 2.52 bits per heavy atom. The lowest BCUT2D eigenvalue weighted by molar-refractivity contribution is 0.0368. The number of para-hydroxylation sites is 1. The third-order valence-corrected chi connectivity index (χ3v) is 6.03. The normalized spacial score (nSPS) is 18.2. The van der Waals surface area contributed by atoms with Crippen LogP contribution in [0.4, 0.5) is 0 Å². The van der Waals surface area contributed by atoms with Crippen molar-refractivity contribution in [1.82, 2.24) is 9.80 Å². The average molecular weight is 395 g/mol. The van der Waals surface area contributed by atoms with Crippen molar-refractivity contribution in [1.29, 1.82) is 0 Å². The predicted molar refractivity (Wildman–Crippen MR) is 117 cm³/mol. The van der Waals surface area contributed by atoms with Crippen molar-refractivity contribution in [2.24, 2.45) is 0 Å². The minimum atomic E-state index is 0.796. The van der Waals surface area contributed by atoms with Gasteiger partial charge in [-0.25, -0.2) is 0 Å². The molecule has 2 aromatic carbocycles. The van der Waals surface area contributed by atoms with E-state index in [1.165, 1.54) is 36.0 Å². The molecule has 4 heteroatoms. The van der Waals surface area contributed by atoms with Gasteiger partial charge in [-0.15, -0.1) is 0 Å². The molecule has 0 atom stereocenters. The van der Waals surface area contributed by atoms with E-state index >= 15 is 0 Å². The highest BCUT2D eigenvalue weighted by Crippen LogP contribution is 2.24. The van der Waals surface area contributed by atoms with Gasteiger partial charge in [0.2, 0.25) is 0 Å². The summed E-state index contributed by atoms with van der Waals surface area (Å²) in [6.07, 6.45) is 4.70. The summed E-state index contributed by atoms with van der Waals surface area (Å²) in [5.41, 5.74) is 4.30. The zero-order valence-electron chi connectivity index (χ0n) is 17.5. The number of rotatable bonds is 8. The van der Waals surface area contributed by atoms with E-state index in [2.05, 4.69) is 58.3 Å². The maximum Gasteiger partial charge on any atom is 0.123 e. The maximum absolute atomic E-state index is 6.20. The van der Waals surface area contributed by atoms with Crippen molar-refractivity contribution in [2.45, 2.75) is 38.8 Å². The van der Waals surface area contributed by atoms with Crippen molar-refractivity contribution in [3.8, 4) is 5.75 Å². The second kappa shape index (κ2) is 10.8. The van der Waals surface area contributed by atoms with Crippen LogP contribution in [0.5, 0.6) is 5.75 Å². The number of unbranched alkanes of at least 4 members (excludes halogenated alkanes) is 1. The van der Waals surface area contributed by atoms with Gasteiger partial charge in [-0.2, -0.15) is 0 Å². The summed E-state index contributed by atoms with van der Waals surface area (Å²) >= 11 is 0. The van der Waals surface area contributed by atoms with Crippen LogP contribution in [0.3, 0.4) is 0 Å². The molecule has 0 amide bonds. The highest BCUT2D eigenvalue weighted by atomic mass is 16.5. The van der Waals surface area contributed by atoms with E-state index in [1.807, 2.05) is 0 Å². The minimum absolute atomic E-state index is 0.796. The molecule has 0 aromatic heterocycles. The number of hydrogen-bond acceptors (Lipinski definition) is 4. The molecule has 4 rings (SSSR count). The van der Waals surface area contributed by atoms with Crippen LogP contribution in [0, 0.1) is 0 Å². The summed E-state index contributed by atoms with van der Waals surface area (Å²) in [6.45, 7) is 8.98. The molecule has 0 unspecified atom stereocenters. The van der Waals surface area contributed by atoms with Gasteiger partial charge in [-0.3, -0.25) is 9.80 Å². The Bertz CT molecular complexity index is 758. The summed E-state index contributed by atoms with van der Waals surface area (Å²) in [5.74, 6) is 1.05. The lowest BCUT2D eigenvalue weighted by Crippen LogP contribution is -2.36. The summed E-state index contributed by atoms with van der Waals surface area (Å²) in [7, 11) is 0. The summed E-state index contributed by atoms with van der Waals surface area (Å²) in [5, 5.41) is 0. The van der Waals surface area contributed by atoms with Gasteiger partial charge in [0.05, 0.1) is 19.8 Å². The molecule has 29 heavy (non-hydrogen) atoms. The predicted octanol–water partition coefficient (Wildman–Crippen LogP) is 4.13. The molecule has 2 aromatic rings. The Morgan fingerprint density at radius 1 is 0.828 bits per heavy atom. The molecule has 2 heterocycles. The van der Waals surface area contributed by atoms with Crippen LogP contribution in [0.2, 0.25) is 0 Å². The quantitative estimate of drug-likeness (QED) is 0.629. The van der Waals surface area contributed by atoms with E-state index in [9.17, 15) is 0 Å². The molecule has 0 N–H and O–H groups in total. The lowest BCUT2D eigenvalue weighted by Gasteiger charge is -2.26. The van der Waals surface area contributed by atoms with Crippen LogP contribution < -0.4 is 4.74 Å². The molecule has 2 aliphatic heterocycles. The van der Waals surface area contributed by atoms with Crippen LogP contribution in [0.15, 0.2) is 48.5 Å². The third-order valence-electron chi connectivity index (χ3n) is 6.03. The van der Waals surface area contributed by atoms with E-state index in [0.717, 1.165) is 71.3 Å². The van der Waals surface area contributed by atoms with Crippen molar-refractivity contribution < 1.29 is 9.47 Å². The summed E-state index contributed by atoms with van der Waals surface area (Å²) in [4.78, 5) is 5.06. The molecule has 1 saturated heterocycles. The fourth-order valence-electron chi connectivity index (χ4n) is 4.36. The standard InChI is InChI=1S/C25H34N2O2/c1-2-9-23-20-27(14-7-11-22(23)8-1)21-24-10-3-4-12-25(24)29-17-6-5-13-26-15-18-28-19-16-26/h1-4,8-10,12H,5-7,11,13-21H2. The zero-order chi connectivity index (χ0) is 19.7. The Labute approximate surface area is 175 Å². The Kier molecular flexibility index (Phi) is 7.57. The van der Waals surface area contributed by atoms with Gasteiger partial charge >= 0.3 is 0 Å². The average Bonchev–Trinajstić information content (AvgIpc) is 2.97. The number of benzene rings is 2. The molecular weight excluding hydrogens is 360 g/mol. The molecular formula is C25H34N2O2. The van der Waals surface area contributed by atoms with Crippen LogP contribution in [-0.2, 0) is 24.2 Å². The highest BCUT2D eigenvalue weighted by molar-refractivity contribution is 5.34. The maximum atomic E-state index is 6.20. The van der Waals surface area contributed by atoms with Gasteiger partial charge in [0.25, 0.3) is 0 Å². The number of morpholine rings is 1. The monoisotopic (exact) mass is 394 g/mol. The van der Waals surface area contributed by atoms with Crippen LogP contribution in [0.25, 0.3) is 0 Å². The molecule has 2 aliphatic rings. The first-order valence-corrected chi connectivity index (χ1v) is 11.2. The molecule has 1 fully saturated rings. The van der Waals surface area contributed by atoms with Gasteiger partial charge in [-0.1, -0.05) is 42.5 Å². The Hall–Kier alpha value is -1.88. The van der Waals surface area contributed by atoms with Gasteiger partial charge in [0.1, 0.15) is 5.75 Å². The van der Waals surface area contributed by atoms with E-state index in [-0.39, 0.29) is 0 Å². The van der Waals surface area contributed by atoms with Crippen molar-refractivity contribution in [3.63, 3.8) is 0 Å². The van der Waals surface area contributed by atoms with Gasteiger partial charge in [0.15, 0.2) is 0 Å². The SMILES string of the molecule is c1ccc2c(c1)CCCN(Cc1ccccc1OCCCCN1CCOCC1)C2. The first-order valence-electron chi connectivity index (χ1n) is 11.2. The first-order chi connectivity index (χ1) is 14.4. The number of fused-ring (bicyclic) bond motifs is 1. The zero-order valence-corrected chi connectivity index (χ0v) is 17.5. The number of ether oxygens (including phenoxy) is 2. The number of hydrogen-bond donors (Lipinski definition) is 0. The van der Waals surface area contributed by atoms with Gasteiger partial charge < -0.3 is 9.47 Å². The fourth-order valence-corrected chi connectivity index (χ4v) is 4.36.